The number of hydrogen-bond donors (Lipinski definition) is 0. The monoisotopic (exact) mass is 318 g/mol. The first-order valence-electron chi connectivity index (χ1n) is 7.65. The zero-order valence-corrected chi connectivity index (χ0v) is 13.6. The summed E-state index contributed by atoms with van der Waals surface area (Å²) in [5, 5.41) is 0. The molecule has 3 rings (SSSR count). The van der Waals surface area contributed by atoms with Crippen LogP contribution in [0.4, 0.5) is 5.69 Å². The Hall–Kier alpha value is -3.14. The van der Waals surface area contributed by atoms with Crippen LogP contribution in [0.25, 0.3) is 5.69 Å². The van der Waals surface area contributed by atoms with Crippen molar-refractivity contribution < 1.29 is 9.53 Å². The van der Waals surface area contributed by atoms with Crippen LogP contribution >= 0.6 is 0 Å². The van der Waals surface area contributed by atoms with Crippen LogP contribution in [0.5, 0.6) is 0 Å². The number of benzene rings is 2. The number of carbonyl (C=O) groups is 1. The Balaban J connectivity index is 1.93. The summed E-state index contributed by atoms with van der Waals surface area (Å²) in [5.74, 6) is -0.365. The summed E-state index contributed by atoms with van der Waals surface area (Å²) in [6.45, 7) is 2.06. The molecular formula is C20H18N2O2. The number of aryl methyl sites for hydroxylation is 1. The largest absolute Gasteiger partial charge is 0.465 e. The molecule has 0 aliphatic heterocycles. The number of aromatic nitrogens is 1. The summed E-state index contributed by atoms with van der Waals surface area (Å²) in [6.07, 6.45) is 1.80. The van der Waals surface area contributed by atoms with Gasteiger partial charge in [0.25, 0.3) is 0 Å². The number of rotatable bonds is 4. The minimum Gasteiger partial charge on any atom is -0.465 e. The van der Waals surface area contributed by atoms with Crippen LogP contribution in [0, 0.1) is 6.92 Å². The Labute approximate surface area is 141 Å². The molecule has 24 heavy (non-hydrogen) atoms. The summed E-state index contributed by atoms with van der Waals surface area (Å²) in [7, 11) is 1.37. The van der Waals surface area contributed by atoms with Crippen LogP contribution in [-0.2, 0) is 4.74 Å². The van der Waals surface area contributed by atoms with Gasteiger partial charge in [-0.05, 0) is 49.4 Å². The van der Waals surface area contributed by atoms with Crippen LogP contribution in [-0.4, -0.2) is 23.9 Å². The van der Waals surface area contributed by atoms with E-state index in [0.29, 0.717) is 11.3 Å². The second-order valence-corrected chi connectivity index (χ2v) is 5.37. The van der Waals surface area contributed by atoms with Gasteiger partial charge in [-0.3, -0.25) is 4.99 Å². The molecule has 3 aromatic rings. The quantitative estimate of drug-likeness (QED) is 0.531. The first-order valence-corrected chi connectivity index (χ1v) is 7.65. The average molecular weight is 318 g/mol. The van der Waals surface area contributed by atoms with Crippen molar-refractivity contribution in [2.75, 3.05) is 7.11 Å². The molecular weight excluding hydrogens is 300 g/mol. The van der Waals surface area contributed by atoms with Crippen molar-refractivity contribution in [2.45, 2.75) is 6.92 Å². The second kappa shape index (κ2) is 6.96. The minimum atomic E-state index is -0.365. The predicted molar refractivity (Wildman–Crippen MR) is 95.5 cm³/mol. The Morgan fingerprint density at radius 3 is 2.58 bits per heavy atom. The van der Waals surface area contributed by atoms with Crippen LogP contribution in [0.3, 0.4) is 0 Å². The van der Waals surface area contributed by atoms with Crippen molar-refractivity contribution in [3.63, 3.8) is 0 Å². The van der Waals surface area contributed by atoms with E-state index in [2.05, 4.69) is 34.7 Å². The first-order chi connectivity index (χ1) is 11.7. The molecule has 1 aromatic heterocycles. The molecule has 0 saturated heterocycles. The highest BCUT2D eigenvalue weighted by molar-refractivity contribution is 5.90. The van der Waals surface area contributed by atoms with Gasteiger partial charge in [0.2, 0.25) is 0 Å². The summed E-state index contributed by atoms with van der Waals surface area (Å²) in [4.78, 5) is 16.1. The lowest BCUT2D eigenvalue weighted by Crippen LogP contribution is -2.01. The molecule has 0 aliphatic carbocycles. The van der Waals surface area contributed by atoms with Gasteiger partial charge in [0.1, 0.15) is 0 Å². The smallest absolute Gasteiger partial charge is 0.337 e. The van der Waals surface area contributed by atoms with E-state index in [9.17, 15) is 4.79 Å². The lowest BCUT2D eigenvalue weighted by atomic mass is 10.2. The van der Waals surface area contributed by atoms with Gasteiger partial charge >= 0.3 is 5.97 Å². The van der Waals surface area contributed by atoms with E-state index in [4.69, 9.17) is 4.74 Å². The topological polar surface area (TPSA) is 43.6 Å². The Kier molecular flexibility index (Phi) is 4.57. The average Bonchev–Trinajstić information content (AvgIpc) is 3.01. The highest BCUT2D eigenvalue weighted by Crippen LogP contribution is 2.18. The van der Waals surface area contributed by atoms with Crippen LogP contribution in [0.1, 0.15) is 21.7 Å². The van der Waals surface area contributed by atoms with Gasteiger partial charge in [-0.15, -0.1) is 0 Å². The molecule has 0 atom stereocenters. The summed E-state index contributed by atoms with van der Waals surface area (Å²) in [5.41, 5.74) is 4.39. The Bertz CT molecular complexity index is 880. The fourth-order valence-electron chi connectivity index (χ4n) is 2.56. The lowest BCUT2D eigenvalue weighted by molar-refractivity contribution is 0.0601. The summed E-state index contributed by atoms with van der Waals surface area (Å²) in [6, 6.07) is 21.3. The second-order valence-electron chi connectivity index (χ2n) is 5.37. The molecule has 120 valence electrons. The number of methoxy groups -OCH3 is 1. The molecule has 0 unspecified atom stereocenters. The van der Waals surface area contributed by atoms with Crippen LogP contribution in [0.2, 0.25) is 0 Å². The number of esters is 1. The highest BCUT2D eigenvalue weighted by Gasteiger charge is 2.06. The standard InChI is InChI=1S/C20H18N2O2/c1-15-11-12-19(22(15)18-9-4-3-5-10-18)14-21-17-8-6-7-16(13-17)20(23)24-2/h3-14H,1-2H3. The van der Waals surface area contributed by atoms with Crippen molar-refractivity contribution in [3.05, 3.63) is 83.7 Å². The third-order valence-electron chi connectivity index (χ3n) is 3.73. The van der Waals surface area contributed by atoms with Gasteiger partial charge in [-0.1, -0.05) is 24.3 Å². The van der Waals surface area contributed by atoms with E-state index in [1.54, 1.807) is 24.4 Å². The first kappa shape index (κ1) is 15.7. The van der Waals surface area contributed by atoms with E-state index in [-0.39, 0.29) is 5.97 Å². The van der Waals surface area contributed by atoms with Crippen molar-refractivity contribution >= 4 is 17.9 Å². The summed E-state index contributed by atoms with van der Waals surface area (Å²) < 4.78 is 6.87. The van der Waals surface area contributed by atoms with E-state index >= 15 is 0 Å². The molecule has 0 N–H and O–H groups in total. The SMILES string of the molecule is COC(=O)c1cccc(N=Cc2ccc(C)n2-c2ccccc2)c1. The molecule has 0 aliphatic rings. The van der Waals surface area contributed by atoms with Gasteiger partial charge < -0.3 is 9.30 Å². The van der Waals surface area contributed by atoms with Crippen molar-refractivity contribution in [1.82, 2.24) is 4.57 Å². The summed E-state index contributed by atoms with van der Waals surface area (Å²) >= 11 is 0. The number of nitrogens with zero attached hydrogens (tertiary/aromatic N) is 2. The normalized spacial score (nSPS) is 10.9. The molecule has 0 spiro atoms. The molecule has 0 bridgehead atoms. The molecule has 0 saturated carbocycles. The molecule has 0 fully saturated rings. The van der Waals surface area contributed by atoms with Crippen molar-refractivity contribution in [3.8, 4) is 5.69 Å². The van der Waals surface area contributed by atoms with Gasteiger partial charge in [0, 0.05) is 11.4 Å². The molecule has 4 heteroatoms. The third kappa shape index (κ3) is 3.27. The molecule has 0 amide bonds. The Morgan fingerprint density at radius 1 is 1.04 bits per heavy atom. The molecule has 4 nitrogen and oxygen atoms in total. The van der Waals surface area contributed by atoms with Gasteiger partial charge in [0.05, 0.1) is 30.3 Å². The van der Waals surface area contributed by atoms with E-state index in [0.717, 1.165) is 17.1 Å². The number of ether oxygens (including phenoxy) is 1. The molecule has 1 heterocycles. The van der Waals surface area contributed by atoms with E-state index < -0.39 is 0 Å². The third-order valence-corrected chi connectivity index (χ3v) is 3.73. The fraction of sp³-hybridized carbons (Fsp3) is 0.100. The molecule has 0 radical (unpaired) electrons. The fourth-order valence-corrected chi connectivity index (χ4v) is 2.56. The highest BCUT2D eigenvalue weighted by atomic mass is 16.5. The molecule has 2 aromatic carbocycles. The van der Waals surface area contributed by atoms with E-state index in [1.807, 2.05) is 30.3 Å². The number of hydrogen-bond acceptors (Lipinski definition) is 3. The predicted octanol–water partition coefficient (Wildman–Crippen LogP) is 4.32. The maximum absolute atomic E-state index is 11.6. The van der Waals surface area contributed by atoms with Gasteiger partial charge in [0.15, 0.2) is 0 Å². The maximum Gasteiger partial charge on any atom is 0.337 e. The van der Waals surface area contributed by atoms with Gasteiger partial charge in [-0.2, -0.15) is 0 Å². The van der Waals surface area contributed by atoms with Crippen molar-refractivity contribution in [1.29, 1.82) is 0 Å². The number of para-hydroxylation sites is 1. The number of carbonyl (C=O) groups excluding carboxylic acids is 1. The minimum absolute atomic E-state index is 0.365. The van der Waals surface area contributed by atoms with Crippen molar-refractivity contribution in [2.24, 2.45) is 4.99 Å². The lowest BCUT2D eigenvalue weighted by Gasteiger charge is -2.09. The zero-order chi connectivity index (χ0) is 16.9. The zero-order valence-electron chi connectivity index (χ0n) is 13.6. The van der Waals surface area contributed by atoms with Crippen LogP contribution in [0.15, 0.2) is 71.7 Å². The maximum atomic E-state index is 11.6. The Morgan fingerprint density at radius 2 is 1.83 bits per heavy atom. The van der Waals surface area contributed by atoms with E-state index in [1.165, 1.54) is 7.11 Å². The number of aliphatic imine (C=N–C) groups is 1. The van der Waals surface area contributed by atoms with Gasteiger partial charge in [-0.25, -0.2) is 4.79 Å². The van der Waals surface area contributed by atoms with Crippen LogP contribution < -0.4 is 0 Å².